The molecular formula is C19H42BrNO4. The molecule has 0 aliphatic carbocycles. The highest BCUT2D eigenvalue weighted by Gasteiger charge is 2.25. The van der Waals surface area contributed by atoms with Gasteiger partial charge in [0.25, 0.3) is 0 Å². The van der Waals surface area contributed by atoms with E-state index >= 15 is 0 Å². The zero-order valence-electron chi connectivity index (χ0n) is 16.6. The van der Waals surface area contributed by atoms with Crippen molar-refractivity contribution in [2.75, 3.05) is 40.0 Å². The number of nitrogens with zero attached hydrogens (tertiary/aromatic N) is 1. The Labute approximate surface area is 166 Å². The average Bonchev–Trinajstić information content (AvgIpc) is 2.59. The predicted octanol–water partition coefficient (Wildman–Crippen LogP) is 0.986. The fourth-order valence-electron chi connectivity index (χ4n) is 2.87. The number of aliphatic hydroxyl groups excluding tert-OH is 2. The van der Waals surface area contributed by atoms with Gasteiger partial charge < -0.3 is 27.2 Å². The third-order valence-corrected chi connectivity index (χ3v) is 4.33. The SMILES string of the molecule is CCCCCCCCCCCCCC[N+](C)(OCCO)OCCO.[Br-]. The van der Waals surface area contributed by atoms with Gasteiger partial charge in [-0.05, 0) is 11.2 Å². The number of hydrogen-bond donors (Lipinski definition) is 2. The minimum atomic E-state index is -0.0191. The predicted molar refractivity (Wildman–Crippen MR) is 98.2 cm³/mol. The highest BCUT2D eigenvalue weighted by atomic mass is 79.9. The maximum Gasteiger partial charge on any atom is 0.142 e. The van der Waals surface area contributed by atoms with Gasteiger partial charge in [-0.15, -0.1) is 0 Å². The van der Waals surface area contributed by atoms with Crippen LogP contribution >= 0.6 is 0 Å². The summed E-state index contributed by atoms with van der Waals surface area (Å²) in [5, 5.41) is 17.8. The first-order valence-electron chi connectivity index (χ1n) is 10.0. The van der Waals surface area contributed by atoms with Crippen LogP contribution in [0.3, 0.4) is 0 Å². The van der Waals surface area contributed by atoms with Crippen LogP contribution in [0.15, 0.2) is 0 Å². The lowest BCUT2D eigenvalue weighted by Gasteiger charge is -2.28. The van der Waals surface area contributed by atoms with E-state index in [0.717, 1.165) is 13.0 Å². The summed E-state index contributed by atoms with van der Waals surface area (Å²) in [6, 6.07) is 0. The van der Waals surface area contributed by atoms with Crippen LogP contribution in [0.4, 0.5) is 0 Å². The van der Waals surface area contributed by atoms with Crippen molar-refractivity contribution in [2.45, 2.75) is 84.0 Å². The molecule has 154 valence electrons. The van der Waals surface area contributed by atoms with Crippen LogP contribution < -0.4 is 17.0 Å². The van der Waals surface area contributed by atoms with E-state index in [1.165, 1.54) is 70.6 Å². The number of hydrogen-bond acceptors (Lipinski definition) is 4. The highest BCUT2D eigenvalue weighted by molar-refractivity contribution is 4.48. The molecule has 0 radical (unpaired) electrons. The van der Waals surface area contributed by atoms with Gasteiger partial charge in [0.05, 0.1) is 13.2 Å². The van der Waals surface area contributed by atoms with E-state index in [-0.39, 0.29) is 48.2 Å². The smallest absolute Gasteiger partial charge is 0.142 e. The summed E-state index contributed by atoms with van der Waals surface area (Å²) in [7, 11) is 1.84. The number of halogens is 1. The van der Waals surface area contributed by atoms with Gasteiger partial charge in [0.2, 0.25) is 0 Å². The molecule has 0 aliphatic rings. The molecular weight excluding hydrogens is 386 g/mol. The molecule has 0 saturated heterocycles. The van der Waals surface area contributed by atoms with Gasteiger partial charge in [-0.3, -0.25) is 0 Å². The molecule has 6 heteroatoms. The lowest BCUT2D eigenvalue weighted by atomic mass is 10.1. The zero-order chi connectivity index (χ0) is 17.9. The number of unbranched alkanes of at least 4 members (excludes halogenated alkanes) is 11. The Morgan fingerprint density at radius 3 is 1.36 bits per heavy atom. The molecule has 0 aromatic heterocycles. The third kappa shape index (κ3) is 18.9. The molecule has 0 unspecified atom stereocenters. The fraction of sp³-hybridized carbons (Fsp3) is 1.00. The van der Waals surface area contributed by atoms with Crippen LogP contribution in [0.25, 0.3) is 0 Å². The van der Waals surface area contributed by atoms with Gasteiger partial charge in [0.15, 0.2) is 0 Å². The Morgan fingerprint density at radius 1 is 0.640 bits per heavy atom. The van der Waals surface area contributed by atoms with Crippen molar-refractivity contribution < 1.29 is 41.7 Å². The Balaban J connectivity index is 0. The number of rotatable bonds is 19. The number of quaternary nitrogens is 1. The highest BCUT2D eigenvalue weighted by Crippen LogP contribution is 2.14. The summed E-state index contributed by atoms with van der Waals surface area (Å²) < 4.78 is 0. The third-order valence-electron chi connectivity index (χ3n) is 4.33. The Hall–Kier alpha value is 0.280. The van der Waals surface area contributed by atoms with E-state index in [4.69, 9.17) is 19.9 Å². The molecule has 0 aromatic carbocycles. The van der Waals surface area contributed by atoms with Gasteiger partial charge in [0, 0.05) is 6.42 Å². The number of hydroxylamine groups is 4. The molecule has 0 rings (SSSR count). The van der Waals surface area contributed by atoms with Crippen LogP contribution in [-0.4, -0.2) is 55.0 Å². The van der Waals surface area contributed by atoms with E-state index in [2.05, 4.69) is 6.92 Å². The summed E-state index contributed by atoms with van der Waals surface area (Å²) in [5.41, 5.74) is 0. The molecule has 0 bridgehead atoms. The van der Waals surface area contributed by atoms with E-state index in [0.29, 0.717) is 0 Å². The first-order valence-corrected chi connectivity index (χ1v) is 10.0. The fourth-order valence-corrected chi connectivity index (χ4v) is 2.87. The molecule has 0 amide bonds. The van der Waals surface area contributed by atoms with Crippen molar-refractivity contribution in [3.8, 4) is 0 Å². The van der Waals surface area contributed by atoms with Gasteiger partial charge in [-0.25, -0.2) is 0 Å². The topological polar surface area (TPSA) is 58.9 Å². The minimum Gasteiger partial charge on any atom is -1.00 e. The van der Waals surface area contributed by atoms with E-state index < -0.39 is 0 Å². The summed E-state index contributed by atoms with van der Waals surface area (Å²) in [6.45, 7) is 3.47. The lowest BCUT2D eigenvalue weighted by molar-refractivity contribution is -1.23. The van der Waals surface area contributed by atoms with Gasteiger partial charge in [-0.2, -0.15) is 9.68 Å². The van der Waals surface area contributed by atoms with Crippen molar-refractivity contribution in [2.24, 2.45) is 0 Å². The van der Waals surface area contributed by atoms with Gasteiger partial charge in [0.1, 0.15) is 26.8 Å². The van der Waals surface area contributed by atoms with Crippen LogP contribution in [0.1, 0.15) is 84.0 Å². The minimum absolute atomic E-state index is 0. The van der Waals surface area contributed by atoms with Crippen molar-refractivity contribution in [1.29, 1.82) is 0 Å². The molecule has 0 saturated carbocycles. The van der Waals surface area contributed by atoms with Crippen LogP contribution in [0.5, 0.6) is 0 Å². The molecule has 0 heterocycles. The summed E-state index contributed by atoms with van der Waals surface area (Å²) >= 11 is 0. The Bertz CT molecular complexity index is 250. The average molecular weight is 428 g/mol. The van der Waals surface area contributed by atoms with E-state index in [9.17, 15) is 0 Å². The van der Waals surface area contributed by atoms with Crippen molar-refractivity contribution in [3.63, 3.8) is 0 Å². The zero-order valence-corrected chi connectivity index (χ0v) is 18.1. The van der Waals surface area contributed by atoms with Crippen molar-refractivity contribution in [3.05, 3.63) is 0 Å². The molecule has 0 fully saturated rings. The first kappa shape index (κ1) is 27.5. The quantitative estimate of drug-likeness (QED) is 0.183. The Kier molecular flexibility index (Phi) is 22.6. The molecule has 0 aliphatic heterocycles. The molecule has 5 nitrogen and oxygen atoms in total. The summed E-state index contributed by atoms with van der Waals surface area (Å²) in [4.78, 5) is 11.1. The summed E-state index contributed by atoms with van der Waals surface area (Å²) in [5.74, 6) is 0. The second-order valence-corrected chi connectivity index (χ2v) is 6.74. The Morgan fingerprint density at radius 2 is 1.00 bits per heavy atom. The monoisotopic (exact) mass is 427 g/mol. The second-order valence-electron chi connectivity index (χ2n) is 6.74. The molecule has 0 atom stereocenters. The second kappa shape index (κ2) is 20.6. The van der Waals surface area contributed by atoms with Gasteiger partial charge >= 0.3 is 0 Å². The van der Waals surface area contributed by atoms with Crippen molar-refractivity contribution >= 4 is 0 Å². The van der Waals surface area contributed by atoms with E-state index in [1.807, 2.05) is 7.05 Å². The normalized spacial score (nSPS) is 11.5. The maximum absolute atomic E-state index is 8.89. The van der Waals surface area contributed by atoms with Gasteiger partial charge in [-0.1, -0.05) is 71.1 Å². The molecule has 2 N–H and O–H groups in total. The van der Waals surface area contributed by atoms with Crippen molar-refractivity contribution in [1.82, 2.24) is 0 Å². The largest absolute Gasteiger partial charge is 1.00 e. The first-order chi connectivity index (χ1) is 11.7. The van der Waals surface area contributed by atoms with E-state index in [1.54, 1.807) is 0 Å². The summed E-state index contributed by atoms with van der Waals surface area (Å²) in [6.07, 6.45) is 15.8. The van der Waals surface area contributed by atoms with Crippen LogP contribution in [0.2, 0.25) is 0 Å². The standard InChI is InChI=1S/C19H42NO4.BrH/c1-3-4-5-6-7-8-9-10-11-12-13-14-15-20(2,23-18-16-21)24-19-17-22;/h21-22H,3-19H2,1-2H3;1H/q+1;/p-1. The molecule has 0 spiro atoms. The van der Waals surface area contributed by atoms with Crippen LogP contribution in [-0.2, 0) is 9.68 Å². The molecule has 0 aromatic rings. The molecule has 25 heavy (non-hydrogen) atoms. The maximum atomic E-state index is 8.89. The number of aliphatic hydroxyl groups is 2. The lowest BCUT2D eigenvalue weighted by Crippen LogP contribution is -3.00. The van der Waals surface area contributed by atoms with Crippen LogP contribution in [0, 0.1) is 0 Å².